The van der Waals surface area contributed by atoms with Crippen LogP contribution in [-0.4, -0.2) is 47.0 Å². The van der Waals surface area contributed by atoms with E-state index in [0.717, 1.165) is 4.31 Å². The maximum atomic E-state index is 13.4. The third kappa shape index (κ3) is 4.45. The summed E-state index contributed by atoms with van der Waals surface area (Å²) >= 11 is 6.16. The second-order valence-corrected chi connectivity index (χ2v) is 9.73. The largest absolute Gasteiger partial charge is 0.465 e. The minimum absolute atomic E-state index is 0.0208. The van der Waals surface area contributed by atoms with E-state index in [1.54, 1.807) is 24.3 Å². The van der Waals surface area contributed by atoms with E-state index >= 15 is 0 Å². The molecule has 1 amide bonds. The van der Waals surface area contributed by atoms with Crippen LogP contribution in [0.4, 0.5) is 11.4 Å². The van der Waals surface area contributed by atoms with Gasteiger partial charge in [-0.2, -0.15) is 0 Å². The van der Waals surface area contributed by atoms with Crippen LogP contribution < -0.4 is 9.62 Å². The highest BCUT2D eigenvalue weighted by Gasteiger charge is 2.36. The zero-order chi connectivity index (χ0) is 25.3. The van der Waals surface area contributed by atoms with Gasteiger partial charge in [-0.1, -0.05) is 29.8 Å². The lowest BCUT2D eigenvalue weighted by Crippen LogP contribution is -2.40. The van der Waals surface area contributed by atoms with Crippen LogP contribution >= 0.6 is 11.6 Å². The zero-order valence-corrected chi connectivity index (χ0v) is 20.1. The standard InChI is InChI=1S/C24H19ClN2O7S/c1-33-23(29)14-7-9-17(24(30)34-2)19(11-14)26-22(28)13-27-20-10-8-15(25)12-18(20)16-5-3-4-6-21(16)35(27,31)32/h3-12H,13H2,1-2H3,(H,26,28). The lowest BCUT2D eigenvalue weighted by Gasteiger charge is -2.31. The second-order valence-electron chi connectivity index (χ2n) is 7.46. The fourth-order valence-electron chi connectivity index (χ4n) is 3.77. The number of carbonyl (C=O) groups is 3. The molecule has 0 aromatic heterocycles. The number of hydrogen-bond donors (Lipinski definition) is 1. The molecule has 1 heterocycles. The van der Waals surface area contributed by atoms with Crippen molar-refractivity contribution in [1.82, 2.24) is 0 Å². The predicted molar refractivity (Wildman–Crippen MR) is 129 cm³/mol. The van der Waals surface area contributed by atoms with Crippen LogP contribution in [0.3, 0.4) is 0 Å². The molecule has 11 heteroatoms. The SMILES string of the molecule is COC(=O)c1ccc(C(=O)OC)c(NC(=O)CN2c3ccc(Cl)cc3-c3ccccc3S2(=O)=O)c1. The Morgan fingerprint density at radius 2 is 1.63 bits per heavy atom. The molecule has 1 aliphatic rings. The molecule has 0 aliphatic carbocycles. The van der Waals surface area contributed by atoms with Gasteiger partial charge in [0, 0.05) is 16.1 Å². The Hall–Kier alpha value is -3.89. The number of esters is 2. The summed E-state index contributed by atoms with van der Waals surface area (Å²) < 4.78 is 37.2. The molecule has 0 atom stereocenters. The van der Waals surface area contributed by atoms with Crippen molar-refractivity contribution in [3.63, 3.8) is 0 Å². The van der Waals surface area contributed by atoms with Crippen molar-refractivity contribution in [2.45, 2.75) is 4.90 Å². The molecule has 0 saturated heterocycles. The van der Waals surface area contributed by atoms with Crippen molar-refractivity contribution >= 4 is 50.8 Å². The number of hydrogen-bond acceptors (Lipinski definition) is 7. The molecule has 0 radical (unpaired) electrons. The molecular formula is C24H19ClN2O7S. The average Bonchev–Trinajstić information content (AvgIpc) is 2.85. The molecule has 3 aromatic rings. The summed E-state index contributed by atoms with van der Waals surface area (Å²) in [7, 11) is -1.73. The summed E-state index contributed by atoms with van der Waals surface area (Å²) in [6.07, 6.45) is 0. The molecule has 3 aromatic carbocycles. The summed E-state index contributed by atoms with van der Waals surface area (Å²) in [5.41, 5.74) is 1.33. The Balaban J connectivity index is 1.72. The van der Waals surface area contributed by atoms with Crippen LogP contribution in [0.1, 0.15) is 20.7 Å². The molecule has 0 fully saturated rings. The van der Waals surface area contributed by atoms with Crippen molar-refractivity contribution < 1.29 is 32.3 Å². The van der Waals surface area contributed by atoms with E-state index in [-0.39, 0.29) is 27.4 Å². The van der Waals surface area contributed by atoms with Gasteiger partial charge in [-0.05, 0) is 42.5 Å². The van der Waals surface area contributed by atoms with Crippen molar-refractivity contribution in [3.05, 3.63) is 76.8 Å². The normalized spacial score (nSPS) is 13.3. The van der Waals surface area contributed by atoms with Crippen LogP contribution in [0.15, 0.2) is 65.6 Å². The third-order valence-corrected chi connectivity index (χ3v) is 7.43. The zero-order valence-electron chi connectivity index (χ0n) is 18.6. The first-order valence-corrected chi connectivity index (χ1v) is 12.0. The lowest BCUT2D eigenvalue weighted by molar-refractivity contribution is -0.114. The first-order valence-electron chi connectivity index (χ1n) is 10.2. The third-order valence-electron chi connectivity index (χ3n) is 5.38. The van der Waals surface area contributed by atoms with Gasteiger partial charge < -0.3 is 14.8 Å². The Bertz CT molecular complexity index is 1470. The number of sulfonamides is 1. The second kappa shape index (κ2) is 9.40. The van der Waals surface area contributed by atoms with Crippen LogP contribution in [0.2, 0.25) is 5.02 Å². The van der Waals surface area contributed by atoms with E-state index < -0.39 is 34.4 Å². The molecule has 0 unspecified atom stereocenters. The van der Waals surface area contributed by atoms with Crippen molar-refractivity contribution in [2.75, 3.05) is 30.4 Å². The number of methoxy groups -OCH3 is 2. The molecule has 4 rings (SSSR count). The molecule has 0 spiro atoms. The molecule has 180 valence electrons. The van der Waals surface area contributed by atoms with Crippen LogP contribution in [-0.2, 0) is 24.3 Å². The van der Waals surface area contributed by atoms with Gasteiger partial charge in [-0.15, -0.1) is 0 Å². The lowest BCUT2D eigenvalue weighted by atomic mass is 10.0. The highest BCUT2D eigenvalue weighted by molar-refractivity contribution is 7.93. The number of nitrogens with zero attached hydrogens (tertiary/aromatic N) is 1. The van der Waals surface area contributed by atoms with Gasteiger partial charge in [0.15, 0.2) is 0 Å². The summed E-state index contributed by atoms with van der Waals surface area (Å²) in [5.74, 6) is -2.19. The molecule has 0 saturated carbocycles. The number of rotatable bonds is 5. The summed E-state index contributed by atoms with van der Waals surface area (Å²) in [4.78, 5) is 37.2. The Morgan fingerprint density at radius 1 is 0.914 bits per heavy atom. The van der Waals surface area contributed by atoms with Gasteiger partial charge in [-0.25, -0.2) is 18.0 Å². The van der Waals surface area contributed by atoms with Crippen molar-refractivity contribution in [2.24, 2.45) is 0 Å². The summed E-state index contributed by atoms with van der Waals surface area (Å²) in [6.45, 7) is -0.603. The number of benzene rings is 3. The average molecular weight is 515 g/mol. The van der Waals surface area contributed by atoms with Crippen molar-refractivity contribution in [3.8, 4) is 11.1 Å². The van der Waals surface area contributed by atoms with Gasteiger partial charge in [0.25, 0.3) is 10.0 Å². The number of ether oxygens (including phenoxy) is 2. The van der Waals surface area contributed by atoms with Gasteiger partial charge in [0.1, 0.15) is 6.54 Å². The highest BCUT2D eigenvalue weighted by atomic mass is 35.5. The van der Waals surface area contributed by atoms with E-state index in [1.807, 2.05) is 0 Å². The van der Waals surface area contributed by atoms with Crippen LogP contribution in [0.25, 0.3) is 11.1 Å². The van der Waals surface area contributed by atoms with E-state index in [2.05, 4.69) is 10.1 Å². The first-order chi connectivity index (χ1) is 16.7. The number of anilines is 2. The fraction of sp³-hybridized carbons (Fsp3) is 0.125. The topological polar surface area (TPSA) is 119 Å². The maximum absolute atomic E-state index is 13.4. The quantitative estimate of drug-likeness (QED) is 0.515. The Kier molecular flexibility index (Phi) is 6.51. The number of amides is 1. The number of nitrogens with one attached hydrogen (secondary N) is 1. The fourth-order valence-corrected chi connectivity index (χ4v) is 5.60. The molecule has 1 N–H and O–H groups in total. The number of fused-ring (bicyclic) bond motifs is 3. The van der Waals surface area contributed by atoms with E-state index in [0.29, 0.717) is 16.1 Å². The maximum Gasteiger partial charge on any atom is 0.339 e. The van der Waals surface area contributed by atoms with Gasteiger partial charge in [0.05, 0.1) is 41.6 Å². The molecule has 0 bridgehead atoms. The first kappa shape index (κ1) is 24.2. The minimum Gasteiger partial charge on any atom is -0.465 e. The highest BCUT2D eigenvalue weighted by Crippen LogP contribution is 2.43. The van der Waals surface area contributed by atoms with Crippen LogP contribution in [0, 0.1) is 0 Å². The monoisotopic (exact) mass is 514 g/mol. The van der Waals surface area contributed by atoms with Gasteiger partial charge in [0.2, 0.25) is 5.91 Å². The molecule has 1 aliphatic heterocycles. The molecule has 35 heavy (non-hydrogen) atoms. The van der Waals surface area contributed by atoms with Gasteiger partial charge in [-0.3, -0.25) is 9.10 Å². The van der Waals surface area contributed by atoms with Crippen LogP contribution in [0.5, 0.6) is 0 Å². The smallest absolute Gasteiger partial charge is 0.339 e. The summed E-state index contributed by atoms with van der Waals surface area (Å²) in [6, 6.07) is 15.0. The summed E-state index contributed by atoms with van der Waals surface area (Å²) in [5, 5.41) is 2.92. The van der Waals surface area contributed by atoms with Crippen molar-refractivity contribution in [1.29, 1.82) is 0 Å². The number of halogens is 1. The van der Waals surface area contributed by atoms with Gasteiger partial charge >= 0.3 is 11.9 Å². The minimum atomic E-state index is -4.09. The van der Waals surface area contributed by atoms with E-state index in [4.69, 9.17) is 16.3 Å². The number of carbonyl (C=O) groups excluding carboxylic acids is 3. The van der Waals surface area contributed by atoms with E-state index in [9.17, 15) is 22.8 Å². The molecular weight excluding hydrogens is 496 g/mol. The van der Waals surface area contributed by atoms with E-state index in [1.165, 1.54) is 50.6 Å². The Labute approximate surface area is 206 Å². The Morgan fingerprint density at radius 3 is 2.34 bits per heavy atom. The molecule has 9 nitrogen and oxygen atoms in total. The predicted octanol–water partition coefficient (Wildman–Crippen LogP) is 3.73.